The van der Waals surface area contributed by atoms with E-state index in [0.29, 0.717) is 5.92 Å². The van der Waals surface area contributed by atoms with Crippen molar-refractivity contribution >= 4 is 0 Å². The molecular formula is C16H22. The summed E-state index contributed by atoms with van der Waals surface area (Å²) in [5.74, 6) is 3.25. The highest BCUT2D eigenvalue weighted by Crippen LogP contribution is 2.28. The Bertz CT molecular complexity index is 370. The van der Waals surface area contributed by atoms with Crippen LogP contribution in [0.1, 0.15) is 54.4 Å². The molecule has 0 heteroatoms. The average Bonchev–Trinajstić information content (AvgIpc) is 2.21. The van der Waals surface area contributed by atoms with Crippen LogP contribution in [0.4, 0.5) is 0 Å². The molecule has 1 rings (SSSR count). The van der Waals surface area contributed by atoms with Crippen molar-refractivity contribution in [1.29, 1.82) is 0 Å². The second kappa shape index (κ2) is 5.75. The summed E-state index contributed by atoms with van der Waals surface area (Å²) in [6, 6.07) is 4.47. The van der Waals surface area contributed by atoms with Crippen molar-refractivity contribution in [2.75, 3.05) is 0 Å². The van der Waals surface area contributed by atoms with Crippen molar-refractivity contribution in [3.05, 3.63) is 34.4 Å². The van der Waals surface area contributed by atoms with Gasteiger partial charge in [0.05, 0.1) is 0 Å². The SMILES string of the molecule is C#CC(CCCC)c1c(C)cc(C)cc1C. The topological polar surface area (TPSA) is 0 Å². The predicted octanol–water partition coefficient (Wildman–Crippen LogP) is 4.52. The molecule has 16 heavy (non-hydrogen) atoms. The maximum absolute atomic E-state index is 5.67. The van der Waals surface area contributed by atoms with Crippen LogP contribution in [-0.4, -0.2) is 0 Å². The lowest BCUT2D eigenvalue weighted by Crippen LogP contribution is -2.02. The van der Waals surface area contributed by atoms with E-state index in [-0.39, 0.29) is 0 Å². The van der Waals surface area contributed by atoms with Gasteiger partial charge in [0, 0.05) is 5.92 Å². The molecule has 1 aromatic rings. The Kier molecular flexibility index (Phi) is 4.62. The molecule has 0 nitrogen and oxygen atoms in total. The molecule has 86 valence electrons. The Morgan fingerprint density at radius 3 is 2.19 bits per heavy atom. The minimum atomic E-state index is 0.292. The fourth-order valence-corrected chi connectivity index (χ4v) is 2.46. The number of terminal acetylenes is 1. The number of hydrogen-bond donors (Lipinski definition) is 0. The van der Waals surface area contributed by atoms with Gasteiger partial charge in [0.25, 0.3) is 0 Å². The van der Waals surface area contributed by atoms with Crippen LogP contribution >= 0.6 is 0 Å². The number of rotatable bonds is 4. The summed E-state index contributed by atoms with van der Waals surface area (Å²) >= 11 is 0. The third-order valence-corrected chi connectivity index (χ3v) is 3.13. The van der Waals surface area contributed by atoms with Gasteiger partial charge in [0.2, 0.25) is 0 Å². The van der Waals surface area contributed by atoms with Crippen LogP contribution in [0.25, 0.3) is 0 Å². The molecule has 1 unspecified atom stereocenters. The lowest BCUT2D eigenvalue weighted by molar-refractivity contribution is 0.671. The molecule has 0 fully saturated rings. The monoisotopic (exact) mass is 214 g/mol. The lowest BCUT2D eigenvalue weighted by atomic mass is 9.87. The number of benzene rings is 1. The Balaban J connectivity index is 3.06. The number of unbranched alkanes of at least 4 members (excludes halogenated alkanes) is 1. The summed E-state index contributed by atoms with van der Waals surface area (Å²) in [7, 11) is 0. The van der Waals surface area contributed by atoms with Gasteiger partial charge in [-0.3, -0.25) is 0 Å². The summed E-state index contributed by atoms with van der Waals surface area (Å²) in [5.41, 5.74) is 5.39. The quantitative estimate of drug-likeness (QED) is 0.646. The first-order valence-electron chi connectivity index (χ1n) is 6.14. The van der Waals surface area contributed by atoms with Gasteiger partial charge >= 0.3 is 0 Å². The summed E-state index contributed by atoms with van der Waals surface area (Å²) in [6.45, 7) is 8.69. The molecule has 0 N–H and O–H groups in total. The summed E-state index contributed by atoms with van der Waals surface area (Å²) < 4.78 is 0. The Morgan fingerprint density at radius 2 is 1.75 bits per heavy atom. The van der Waals surface area contributed by atoms with Crippen LogP contribution in [0.2, 0.25) is 0 Å². The molecule has 0 aliphatic heterocycles. The van der Waals surface area contributed by atoms with Crippen LogP contribution in [0, 0.1) is 33.1 Å². The molecule has 0 spiro atoms. The highest BCUT2D eigenvalue weighted by molar-refractivity contribution is 5.42. The minimum absolute atomic E-state index is 0.292. The fourth-order valence-electron chi connectivity index (χ4n) is 2.46. The normalized spacial score (nSPS) is 12.2. The molecule has 0 saturated carbocycles. The average molecular weight is 214 g/mol. The van der Waals surface area contributed by atoms with E-state index >= 15 is 0 Å². The first-order valence-corrected chi connectivity index (χ1v) is 6.14. The number of hydrogen-bond acceptors (Lipinski definition) is 0. The molecule has 0 aliphatic rings. The van der Waals surface area contributed by atoms with E-state index in [4.69, 9.17) is 6.42 Å². The minimum Gasteiger partial charge on any atom is -0.119 e. The molecule has 0 bridgehead atoms. The zero-order valence-electron chi connectivity index (χ0n) is 10.9. The lowest BCUT2D eigenvalue weighted by Gasteiger charge is -2.17. The molecular weight excluding hydrogens is 192 g/mol. The van der Waals surface area contributed by atoms with Gasteiger partial charge < -0.3 is 0 Å². The standard InChI is InChI=1S/C16H22/c1-6-8-9-15(7-2)16-13(4)10-12(3)11-14(16)5/h2,10-11,15H,6,8-9H2,1,3-5H3. The summed E-state index contributed by atoms with van der Waals surface area (Å²) in [4.78, 5) is 0. The first-order chi connectivity index (χ1) is 7.60. The summed E-state index contributed by atoms with van der Waals surface area (Å²) in [5, 5.41) is 0. The smallest absolute Gasteiger partial charge is 0.0454 e. The van der Waals surface area contributed by atoms with Crippen molar-refractivity contribution < 1.29 is 0 Å². The second-order valence-corrected chi connectivity index (χ2v) is 4.67. The summed E-state index contributed by atoms with van der Waals surface area (Å²) in [6.07, 6.45) is 9.20. The van der Waals surface area contributed by atoms with Gasteiger partial charge in [-0.2, -0.15) is 0 Å². The molecule has 0 aromatic heterocycles. The highest BCUT2D eigenvalue weighted by atomic mass is 14.2. The van der Waals surface area contributed by atoms with E-state index in [2.05, 4.69) is 45.7 Å². The fraction of sp³-hybridized carbons (Fsp3) is 0.500. The number of aryl methyl sites for hydroxylation is 3. The van der Waals surface area contributed by atoms with Crippen LogP contribution in [0.5, 0.6) is 0 Å². The molecule has 0 heterocycles. The van der Waals surface area contributed by atoms with Crippen LogP contribution < -0.4 is 0 Å². The van der Waals surface area contributed by atoms with E-state index < -0.39 is 0 Å². The van der Waals surface area contributed by atoms with E-state index in [1.54, 1.807) is 0 Å². The zero-order chi connectivity index (χ0) is 12.1. The zero-order valence-corrected chi connectivity index (χ0v) is 10.9. The van der Waals surface area contributed by atoms with E-state index in [1.165, 1.54) is 35.1 Å². The van der Waals surface area contributed by atoms with E-state index in [1.807, 2.05) is 0 Å². The van der Waals surface area contributed by atoms with Gasteiger partial charge in [-0.25, -0.2) is 0 Å². The maximum atomic E-state index is 5.67. The Labute approximate surface area is 100 Å². The molecule has 0 saturated heterocycles. The maximum Gasteiger partial charge on any atom is 0.0454 e. The van der Waals surface area contributed by atoms with Crippen molar-refractivity contribution in [3.63, 3.8) is 0 Å². The molecule has 0 radical (unpaired) electrons. The van der Waals surface area contributed by atoms with Crippen LogP contribution in [0.3, 0.4) is 0 Å². The molecule has 1 atom stereocenters. The third-order valence-electron chi connectivity index (χ3n) is 3.13. The Morgan fingerprint density at radius 1 is 1.19 bits per heavy atom. The van der Waals surface area contributed by atoms with Gasteiger partial charge in [-0.05, 0) is 43.9 Å². The molecule has 1 aromatic carbocycles. The predicted molar refractivity (Wildman–Crippen MR) is 71.8 cm³/mol. The van der Waals surface area contributed by atoms with Crippen LogP contribution in [-0.2, 0) is 0 Å². The van der Waals surface area contributed by atoms with Crippen molar-refractivity contribution in [2.45, 2.75) is 52.9 Å². The van der Waals surface area contributed by atoms with Gasteiger partial charge in [0.1, 0.15) is 0 Å². The van der Waals surface area contributed by atoms with Crippen molar-refractivity contribution in [1.82, 2.24) is 0 Å². The highest BCUT2D eigenvalue weighted by Gasteiger charge is 2.13. The third kappa shape index (κ3) is 2.89. The largest absolute Gasteiger partial charge is 0.119 e. The van der Waals surface area contributed by atoms with Crippen LogP contribution in [0.15, 0.2) is 12.1 Å². The van der Waals surface area contributed by atoms with Gasteiger partial charge in [-0.1, -0.05) is 43.4 Å². The van der Waals surface area contributed by atoms with Gasteiger partial charge in [0.15, 0.2) is 0 Å². The van der Waals surface area contributed by atoms with E-state index in [9.17, 15) is 0 Å². The molecule has 0 amide bonds. The van der Waals surface area contributed by atoms with E-state index in [0.717, 1.165) is 6.42 Å². The second-order valence-electron chi connectivity index (χ2n) is 4.67. The Hall–Kier alpha value is -1.22. The van der Waals surface area contributed by atoms with Crippen molar-refractivity contribution in [3.8, 4) is 12.3 Å². The molecule has 0 aliphatic carbocycles. The van der Waals surface area contributed by atoms with Crippen molar-refractivity contribution in [2.24, 2.45) is 0 Å². The first kappa shape index (κ1) is 12.8. The van der Waals surface area contributed by atoms with Gasteiger partial charge in [-0.15, -0.1) is 6.42 Å².